The first-order valence-corrected chi connectivity index (χ1v) is 4.75. The smallest absolute Gasteiger partial charge is 0.268 e. The summed E-state index contributed by atoms with van der Waals surface area (Å²) in [7, 11) is 1.53. The second-order valence-electron chi connectivity index (χ2n) is 3.48. The zero-order chi connectivity index (χ0) is 11.7. The van der Waals surface area contributed by atoms with E-state index in [1.165, 1.54) is 17.9 Å². The highest BCUT2D eigenvalue weighted by Crippen LogP contribution is 2.17. The molecule has 16 heavy (non-hydrogen) atoms. The van der Waals surface area contributed by atoms with E-state index in [1.54, 1.807) is 25.1 Å². The van der Waals surface area contributed by atoms with Gasteiger partial charge < -0.3 is 0 Å². The van der Waals surface area contributed by atoms with E-state index in [1.807, 2.05) is 0 Å². The van der Waals surface area contributed by atoms with Gasteiger partial charge in [-0.1, -0.05) is 0 Å². The third kappa shape index (κ3) is 1.71. The second-order valence-corrected chi connectivity index (χ2v) is 3.48. The summed E-state index contributed by atoms with van der Waals surface area (Å²) in [6.45, 7) is 1.67. The SMILES string of the molecule is Cc1cc(-c2cccnc2F)nn(C)c1=O. The van der Waals surface area contributed by atoms with Crippen LogP contribution in [-0.4, -0.2) is 14.8 Å². The van der Waals surface area contributed by atoms with Gasteiger partial charge in [0.25, 0.3) is 5.56 Å². The van der Waals surface area contributed by atoms with E-state index >= 15 is 0 Å². The van der Waals surface area contributed by atoms with Gasteiger partial charge in [0.05, 0.1) is 11.3 Å². The van der Waals surface area contributed by atoms with Crippen LogP contribution in [0.15, 0.2) is 29.2 Å². The minimum atomic E-state index is -0.590. The molecular weight excluding hydrogens is 209 g/mol. The lowest BCUT2D eigenvalue weighted by atomic mass is 10.1. The molecule has 0 saturated heterocycles. The van der Waals surface area contributed by atoms with Crippen molar-refractivity contribution in [1.29, 1.82) is 0 Å². The second kappa shape index (κ2) is 3.84. The van der Waals surface area contributed by atoms with Gasteiger partial charge in [0, 0.05) is 18.8 Å². The third-order valence-electron chi connectivity index (χ3n) is 2.28. The summed E-state index contributed by atoms with van der Waals surface area (Å²) in [6.07, 6.45) is 1.37. The van der Waals surface area contributed by atoms with E-state index < -0.39 is 5.95 Å². The van der Waals surface area contributed by atoms with Crippen LogP contribution in [-0.2, 0) is 7.05 Å². The molecule has 0 amide bonds. The summed E-state index contributed by atoms with van der Waals surface area (Å²) < 4.78 is 14.6. The van der Waals surface area contributed by atoms with E-state index in [2.05, 4.69) is 10.1 Å². The predicted octanol–water partition coefficient (Wildman–Crippen LogP) is 1.29. The number of hydrogen-bond acceptors (Lipinski definition) is 3. The van der Waals surface area contributed by atoms with Crippen LogP contribution in [0.3, 0.4) is 0 Å². The minimum absolute atomic E-state index is 0.187. The van der Waals surface area contributed by atoms with Gasteiger partial charge in [-0.15, -0.1) is 0 Å². The fourth-order valence-electron chi connectivity index (χ4n) is 1.47. The summed E-state index contributed by atoms with van der Waals surface area (Å²) in [5.74, 6) is -0.590. The average Bonchev–Trinajstić information content (AvgIpc) is 2.26. The lowest BCUT2D eigenvalue weighted by Gasteiger charge is -2.04. The molecule has 5 heteroatoms. The zero-order valence-electron chi connectivity index (χ0n) is 8.94. The van der Waals surface area contributed by atoms with Gasteiger partial charge in [-0.2, -0.15) is 9.49 Å². The molecule has 2 aromatic rings. The maximum absolute atomic E-state index is 13.4. The molecular formula is C11H10FN3O. The first-order valence-electron chi connectivity index (χ1n) is 4.75. The molecule has 0 atom stereocenters. The highest BCUT2D eigenvalue weighted by Gasteiger charge is 2.09. The molecule has 0 aromatic carbocycles. The number of halogens is 1. The predicted molar refractivity (Wildman–Crippen MR) is 57.4 cm³/mol. The van der Waals surface area contributed by atoms with Gasteiger partial charge in [0.1, 0.15) is 0 Å². The van der Waals surface area contributed by atoms with Crippen molar-refractivity contribution in [2.45, 2.75) is 6.92 Å². The fourth-order valence-corrected chi connectivity index (χ4v) is 1.47. The first-order chi connectivity index (χ1) is 7.59. The van der Waals surface area contributed by atoms with Crippen molar-refractivity contribution in [2.24, 2.45) is 7.05 Å². The standard InChI is InChI=1S/C11H10FN3O/c1-7-6-9(14-15(2)11(7)16)8-4-3-5-13-10(8)12/h3-6H,1-2H3. The molecule has 2 heterocycles. The van der Waals surface area contributed by atoms with E-state index in [9.17, 15) is 9.18 Å². The molecule has 4 nitrogen and oxygen atoms in total. The van der Waals surface area contributed by atoms with Gasteiger partial charge in [-0.25, -0.2) is 9.67 Å². The van der Waals surface area contributed by atoms with E-state index in [0.29, 0.717) is 16.8 Å². The van der Waals surface area contributed by atoms with Crippen LogP contribution >= 0.6 is 0 Å². The van der Waals surface area contributed by atoms with Gasteiger partial charge in [-0.3, -0.25) is 4.79 Å². The lowest BCUT2D eigenvalue weighted by Crippen LogP contribution is -2.22. The molecule has 0 aliphatic carbocycles. The molecule has 82 valence electrons. The van der Waals surface area contributed by atoms with Crippen molar-refractivity contribution in [3.05, 3.63) is 46.3 Å². The Labute approximate surface area is 91.4 Å². The van der Waals surface area contributed by atoms with Crippen LogP contribution in [0, 0.1) is 12.9 Å². The molecule has 2 aromatic heterocycles. The van der Waals surface area contributed by atoms with Crippen molar-refractivity contribution in [2.75, 3.05) is 0 Å². The van der Waals surface area contributed by atoms with Gasteiger partial charge in [0.2, 0.25) is 5.95 Å². The van der Waals surface area contributed by atoms with E-state index in [-0.39, 0.29) is 5.56 Å². The lowest BCUT2D eigenvalue weighted by molar-refractivity contribution is 0.585. The Balaban J connectivity index is 2.67. The Morgan fingerprint density at radius 3 is 2.81 bits per heavy atom. The summed E-state index contributed by atoms with van der Waals surface area (Å²) in [4.78, 5) is 15.0. The maximum atomic E-state index is 13.4. The number of hydrogen-bond donors (Lipinski definition) is 0. The van der Waals surface area contributed by atoms with Crippen LogP contribution in [0.4, 0.5) is 4.39 Å². The van der Waals surface area contributed by atoms with Crippen LogP contribution in [0.1, 0.15) is 5.56 Å². The molecule has 0 unspecified atom stereocenters. The largest absolute Gasteiger partial charge is 0.269 e. The molecule has 0 spiro atoms. The Hall–Kier alpha value is -2.04. The number of aromatic nitrogens is 3. The van der Waals surface area contributed by atoms with Gasteiger partial charge >= 0.3 is 0 Å². The summed E-state index contributed by atoms with van der Waals surface area (Å²) in [5.41, 5.74) is 1.04. The van der Waals surface area contributed by atoms with Crippen molar-refractivity contribution in [3.8, 4) is 11.3 Å². The highest BCUT2D eigenvalue weighted by atomic mass is 19.1. The quantitative estimate of drug-likeness (QED) is 0.679. The molecule has 0 bridgehead atoms. The zero-order valence-corrected chi connectivity index (χ0v) is 8.94. The van der Waals surface area contributed by atoms with Crippen molar-refractivity contribution in [3.63, 3.8) is 0 Å². The van der Waals surface area contributed by atoms with Crippen molar-refractivity contribution >= 4 is 0 Å². The van der Waals surface area contributed by atoms with Crippen LogP contribution in [0.5, 0.6) is 0 Å². The fraction of sp³-hybridized carbons (Fsp3) is 0.182. The Bertz CT molecular complexity index is 566. The number of aryl methyl sites for hydroxylation is 2. The highest BCUT2D eigenvalue weighted by molar-refractivity contribution is 5.58. The normalized spacial score (nSPS) is 10.4. The summed E-state index contributed by atoms with van der Waals surface area (Å²) >= 11 is 0. The van der Waals surface area contributed by atoms with E-state index in [0.717, 1.165) is 0 Å². The monoisotopic (exact) mass is 219 g/mol. The van der Waals surface area contributed by atoms with Crippen LogP contribution < -0.4 is 5.56 Å². The Morgan fingerprint density at radius 2 is 2.19 bits per heavy atom. The number of pyridine rings is 1. The topological polar surface area (TPSA) is 47.8 Å². The van der Waals surface area contributed by atoms with Gasteiger partial charge in [0.15, 0.2) is 0 Å². The van der Waals surface area contributed by atoms with Crippen LogP contribution in [0.25, 0.3) is 11.3 Å². The number of rotatable bonds is 1. The Kier molecular flexibility index (Phi) is 2.52. The minimum Gasteiger partial charge on any atom is -0.268 e. The third-order valence-corrected chi connectivity index (χ3v) is 2.28. The Morgan fingerprint density at radius 1 is 1.44 bits per heavy atom. The molecule has 2 rings (SSSR count). The molecule has 0 aliphatic heterocycles. The molecule has 0 aliphatic rings. The molecule has 0 saturated carbocycles. The maximum Gasteiger partial charge on any atom is 0.269 e. The summed E-state index contributed by atoms with van der Waals surface area (Å²) in [5, 5.41) is 3.99. The van der Waals surface area contributed by atoms with Crippen molar-refractivity contribution in [1.82, 2.24) is 14.8 Å². The van der Waals surface area contributed by atoms with Gasteiger partial charge in [-0.05, 0) is 25.1 Å². The van der Waals surface area contributed by atoms with Crippen LogP contribution in [0.2, 0.25) is 0 Å². The summed E-state index contributed by atoms with van der Waals surface area (Å²) in [6, 6.07) is 4.76. The molecule has 0 radical (unpaired) electrons. The van der Waals surface area contributed by atoms with Crippen molar-refractivity contribution < 1.29 is 4.39 Å². The average molecular weight is 219 g/mol. The molecule has 0 fully saturated rings. The first kappa shape index (κ1) is 10.5. The number of nitrogens with zero attached hydrogens (tertiary/aromatic N) is 3. The van der Waals surface area contributed by atoms with E-state index in [4.69, 9.17) is 0 Å². The molecule has 0 N–H and O–H groups in total.